The number of sulfonamides is 2. The molecule has 1 saturated heterocycles. The minimum Gasteiger partial charge on any atom is -0.370 e. The molecule has 0 unspecified atom stereocenters. The second-order valence-electron chi connectivity index (χ2n) is 8.16. The summed E-state index contributed by atoms with van der Waals surface area (Å²) >= 11 is 0. The first-order chi connectivity index (χ1) is 16.2. The van der Waals surface area contributed by atoms with Crippen molar-refractivity contribution in [3.63, 3.8) is 0 Å². The summed E-state index contributed by atoms with van der Waals surface area (Å²) in [4.78, 5) is 2.34. The standard InChI is InChI=1S/C24H28N4O4S2.ClH/c1-19-8-11-22(12-9-19)34(31,32)26-23-13-10-20(28-16-5-14-25-15-17-28)18-24(23)27-33(29,30)21-6-3-2-4-7-21;/h2-4,6-13,18,25-27H,5,14-17H2,1H3;1H. The number of nitrogens with one attached hydrogen (secondary N) is 3. The second-order valence-corrected chi connectivity index (χ2v) is 11.5. The summed E-state index contributed by atoms with van der Waals surface area (Å²) < 4.78 is 57.3. The van der Waals surface area contributed by atoms with Gasteiger partial charge in [0.25, 0.3) is 20.0 Å². The zero-order chi connectivity index (χ0) is 24.2. The minimum absolute atomic E-state index is 0. The largest absolute Gasteiger partial charge is 0.370 e. The maximum absolute atomic E-state index is 13.1. The fourth-order valence-corrected chi connectivity index (χ4v) is 5.90. The predicted octanol–water partition coefficient (Wildman–Crippen LogP) is 3.82. The number of hydrogen-bond donors (Lipinski definition) is 3. The zero-order valence-electron chi connectivity index (χ0n) is 19.3. The molecule has 0 amide bonds. The Hall–Kier alpha value is -2.79. The van der Waals surface area contributed by atoms with Crippen LogP contribution in [-0.2, 0) is 20.0 Å². The molecule has 1 heterocycles. The number of benzene rings is 3. The Bertz CT molecular complexity index is 1340. The van der Waals surface area contributed by atoms with E-state index < -0.39 is 20.0 Å². The van der Waals surface area contributed by atoms with Crippen LogP contribution in [0.2, 0.25) is 0 Å². The normalized spacial score (nSPS) is 14.5. The number of rotatable bonds is 7. The number of nitrogens with zero attached hydrogens (tertiary/aromatic N) is 1. The molecule has 8 nitrogen and oxygen atoms in total. The van der Waals surface area contributed by atoms with E-state index in [9.17, 15) is 16.8 Å². The van der Waals surface area contributed by atoms with E-state index in [1.54, 1.807) is 48.5 Å². The molecule has 0 bridgehead atoms. The van der Waals surface area contributed by atoms with E-state index in [-0.39, 0.29) is 33.6 Å². The van der Waals surface area contributed by atoms with E-state index in [1.807, 2.05) is 6.92 Å². The van der Waals surface area contributed by atoms with Gasteiger partial charge in [-0.15, -0.1) is 12.4 Å². The van der Waals surface area contributed by atoms with Crippen LogP contribution in [0.1, 0.15) is 12.0 Å². The first-order valence-electron chi connectivity index (χ1n) is 11.0. The lowest BCUT2D eigenvalue weighted by Crippen LogP contribution is -2.28. The third-order valence-corrected chi connectivity index (χ3v) is 8.34. The molecule has 3 aromatic carbocycles. The highest BCUT2D eigenvalue weighted by molar-refractivity contribution is 7.93. The third-order valence-electron chi connectivity index (χ3n) is 5.58. The van der Waals surface area contributed by atoms with Crippen LogP contribution in [0, 0.1) is 6.92 Å². The van der Waals surface area contributed by atoms with Crippen molar-refractivity contribution in [3.8, 4) is 0 Å². The van der Waals surface area contributed by atoms with Crippen molar-refractivity contribution in [2.45, 2.75) is 23.1 Å². The number of anilines is 3. The Morgan fingerprint density at radius 2 is 1.37 bits per heavy atom. The van der Waals surface area contributed by atoms with Gasteiger partial charge in [-0.25, -0.2) is 16.8 Å². The summed E-state index contributed by atoms with van der Waals surface area (Å²) in [5.74, 6) is 0. The molecular formula is C24H29ClN4O4S2. The number of hydrogen-bond acceptors (Lipinski definition) is 6. The molecule has 35 heavy (non-hydrogen) atoms. The summed E-state index contributed by atoms with van der Waals surface area (Å²) in [6, 6.07) is 19.5. The lowest BCUT2D eigenvalue weighted by atomic mass is 10.2. The zero-order valence-corrected chi connectivity index (χ0v) is 21.7. The van der Waals surface area contributed by atoms with Crippen LogP contribution in [0.4, 0.5) is 17.1 Å². The molecule has 1 aliphatic rings. The summed E-state index contributed by atoms with van der Waals surface area (Å²) in [5.41, 5.74) is 2.06. The maximum atomic E-state index is 13.1. The molecular weight excluding hydrogens is 508 g/mol. The van der Waals surface area contributed by atoms with Crippen molar-refractivity contribution in [1.29, 1.82) is 0 Å². The van der Waals surface area contributed by atoms with Gasteiger partial charge in [0.15, 0.2) is 0 Å². The molecule has 188 valence electrons. The highest BCUT2D eigenvalue weighted by Gasteiger charge is 2.21. The van der Waals surface area contributed by atoms with Crippen LogP contribution >= 0.6 is 12.4 Å². The highest BCUT2D eigenvalue weighted by Crippen LogP contribution is 2.32. The summed E-state index contributed by atoms with van der Waals surface area (Å²) in [6.07, 6.45) is 0.951. The second kappa shape index (κ2) is 11.3. The summed E-state index contributed by atoms with van der Waals surface area (Å²) in [5, 5.41) is 3.34. The minimum atomic E-state index is -3.93. The van der Waals surface area contributed by atoms with E-state index >= 15 is 0 Å². The lowest BCUT2D eigenvalue weighted by Gasteiger charge is -2.24. The van der Waals surface area contributed by atoms with Gasteiger partial charge in [-0.3, -0.25) is 9.44 Å². The van der Waals surface area contributed by atoms with E-state index in [2.05, 4.69) is 19.7 Å². The number of aryl methyl sites for hydroxylation is 1. The molecule has 0 aromatic heterocycles. The van der Waals surface area contributed by atoms with Crippen molar-refractivity contribution in [3.05, 3.63) is 78.4 Å². The summed E-state index contributed by atoms with van der Waals surface area (Å²) in [6.45, 7) is 5.17. The average Bonchev–Trinajstić information content (AvgIpc) is 3.10. The van der Waals surface area contributed by atoms with Crippen LogP contribution in [0.5, 0.6) is 0 Å². The molecule has 0 saturated carbocycles. The van der Waals surface area contributed by atoms with E-state index in [0.717, 1.165) is 43.9 Å². The van der Waals surface area contributed by atoms with Crippen molar-refractivity contribution >= 4 is 49.5 Å². The van der Waals surface area contributed by atoms with Gasteiger partial charge < -0.3 is 10.2 Å². The molecule has 1 fully saturated rings. The lowest BCUT2D eigenvalue weighted by molar-refractivity contribution is 0.599. The van der Waals surface area contributed by atoms with Crippen LogP contribution < -0.4 is 19.7 Å². The van der Waals surface area contributed by atoms with Gasteiger partial charge in [0, 0.05) is 25.3 Å². The van der Waals surface area contributed by atoms with Gasteiger partial charge in [-0.05, 0) is 62.4 Å². The van der Waals surface area contributed by atoms with Crippen molar-refractivity contribution in [2.24, 2.45) is 0 Å². The average molecular weight is 537 g/mol. The quantitative estimate of drug-likeness (QED) is 0.424. The van der Waals surface area contributed by atoms with Crippen LogP contribution in [0.3, 0.4) is 0 Å². The third kappa shape index (κ3) is 6.66. The van der Waals surface area contributed by atoms with Gasteiger partial charge in [0.1, 0.15) is 0 Å². The Kier molecular flexibility index (Phi) is 8.65. The van der Waals surface area contributed by atoms with Crippen molar-refractivity contribution < 1.29 is 16.8 Å². The fourth-order valence-electron chi connectivity index (χ4n) is 3.73. The molecule has 0 atom stereocenters. The monoisotopic (exact) mass is 536 g/mol. The Morgan fingerprint density at radius 3 is 2.06 bits per heavy atom. The predicted molar refractivity (Wildman–Crippen MR) is 143 cm³/mol. The molecule has 0 radical (unpaired) electrons. The Labute approximate surface area is 213 Å². The van der Waals surface area contributed by atoms with Crippen molar-refractivity contribution in [2.75, 3.05) is 40.5 Å². The van der Waals surface area contributed by atoms with Gasteiger partial charge in [0.2, 0.25) is 0 Å². The molecule has 1 aliphatic heterocycles. The molecule has 3 aromatic rings. The number of halogens is 1. The molecule has 0 aliphatic carbocycles. The first-order valence-corrected chi connectivity index (χ1v) is 14.0. The summed E-state index contributed by atoms with van der Waals surface area (Å²) in [7, 11) is -7.86. The van der Waals surface area contributed by atoms with Gasteiger partial charge in [-0.1, -0.05) is 35.9 Å². The highest BCUT2D eigenvalue weighted by atomic mass is 35.5. The van der Waals surface area contributed by atoms with Gasteiger partial charge in [-0.2, -0.15) is 0 Å². The maximum Gasteiger partial charge on any atom is 0.261 e. The molecule has 3 N–H and O–H groups in total. The molecule has 11 heteroatoms. The SMILES string of the molecule is Cc1ccc(S(=O)(=O)Nc2ccc(N3CCCNCC3)cc2NS(=O)(=O)c2ccccc2)cc1.Cl. The Balaban J connectivity index is 0.00000342. The van der Waals surface area contributed by atoms with Crippen LogP contribution in [0.25, 0.3) is 0 Å². The van der Waals surface area contributed by atoms with Crippen molar-refractivity contribution in [1.82, 2.24) is 5.32 Å². The van der Waals surface area contributed by atoms with E-state index in [1.165, 1.54) is 24.3 Å². The fraction of sp³-hybridized carbons (Fsp3) is 0.250. The topological polar surface area (TPSA) is 108 Å². The van der Waals surface area contributed by atoms with Crippen LogP contribution in [-0.4, -0.2) is 43.0 Å². The van der Waals surface area contributed by atoms with E-state index in [4.69, 9.17) is 0 Å². The Morgan fingerprint density at radius 1 is 0.743 bits per heavy atom. The van der Waals surface area contributed by atoms with Crippen LogP contribution in [0.15, 0.2) is 82.6 Å². The van der Waals surface area contributed by atoms with E-state index in [0.29, 0.717) is 0 Å². The van der Waals surface area contributed by atoms with Gasteiger partial charge in [0.05, 0.1) is 21.2 Å². The molecule has 0 spiro atoms. The van der Waals surface area contributed by atoms with Gasteiger partial charge >= 0.3 is 0 Å². The first kappa shape index (κ1) is 26.8. The molecule has 4 rings (SSSR count). The smallest absolute Gasteiger partial charge is 0.261 e.